The summed E-state index contributed by atoms with van der Waals surface area (Å²) in [5.41, 5.74) is 11.4. The van der Waals surface area contributed by atoms with E-state index in [4.69, 9.17) is 4.98 Å². The van der Waals surface area contributed by atoms with Gasteiger partial charge in [-0.2, -0.15) is 0 Å². The molecule has 2 aromatic heterocycles. The van der Waals surface area contributed by atoms with Gasteiger partial charge < -0.3 is 14.4 Å². The minimum Gasteiger partial charge on any atom is -0.334 e. The molecule has 4 nitrogen and oxygen atoms in total. The molecule has 0 amide bonds. The van der Waals surface area contributed by atoms with Crippen molar-refractivity contribution in [3.05, 3.63) is 224 Å². The van der Waals surface area contributed by atoms with E-state index in [1.807, 2.05) is 0 Å². The van der Waals surface area contributed by atoms with E-state index in [9.17, 15) is 0 Å². The third kappa shape index (κ3) is 6.25. The lowest BCUT2D eigenvalue weighted by atomic mass is 9.99. The zero-order valence-corrected chi connectivity index (χ0v) is 34.7. The number of benzene rings is 9. The largest absolute Gasteiger partial charge is 0.334 e. The summed E-state index contributed by atoms with van der Waals surface area (Å²) >= 11 is 1.74. The van der Waals surface area contributed by atoms with Gasteiger partial charge in [0.15, 0.2) is 0 Å². The molecule has 12 rings (SSSR count). The molecule has 0 N–H and O–H groups in total. The normalized spacial score (nSPS) is 13.8. The maximum Gasteiger partial charge on any atom is 0.124 e. The van der Waals surface area contributed by atoms with E-state index in [0.29, 0.717) is 0 Å². The SMILES string of the molecule is C1=CCC(N(c2ccc(-c3nc4ccccc4s3)cc2)c2ccc3c(ccc4cc(N(c5ccccc5)c5ccc6c(c5)c5ccccc5n6-c5ccccc5)ccc43)c2)C=C1. The predicted molar refractivity (Wildman–Crippen MR) is 264 cm³/mol. The molecular formula is C57H40N4S. The highest BCUT2D eigenvalue weighted by atomic mass is 32.1. The van der Waals surface area contributed by atoms with Crippen molar-refractivity contribution in [2.45, 2.75) is 12.5 Å². The average Bonchev–Trinajstić information content (AvgIpc) is 3.92. The molecule has 0 aliphatic heterocycles. The first-order chi connectivity index (χ1) is 30.7. The number of thiazole rings is 1. The first-order valence-corrected chi connectivity index (χ1v) is 22.0. The third-order valence-electron chi connectivity index (χ3n) is 12.3. The topological polar surface area (TPSA) is 24.3 Å². The zero-order chi connectivity index (χ0) is 41.0. The highest BCUT2D eigenvalue weighted by molar-refractivity contribution is 7.21. The van der Waals surface area contributed by atoms with Crippen molar-refractivity contribution in [2.75, 3.05) is 9.80 Å². The van der Waals surface area contributed by atoms with Crippen molar-refractivity contribution in [2.24, 2.45) is 0 Å². The van der Waals surface area contributed by atoms with Crippen LogP contribution in [0.2, 0.25) is 0 Å². The van der Waals surface area contributed by atoms with E-state index < -0.39 is 0 Å². The lowest BCUT2D eigenvalue weighted by Crippen LogP contribution is -2.29. The quantitative estimate of drug-likeness (QED) is 0.143. The average molecular weight is 813 g/mol. The molecule has 0 spiro atoms. The predicted octanol–water partition coefficient (Wildman–Crippen LogP) is 15.9. The lowest BCUT2D eigenvalue weighted by Gasteiger charge is -2.33. The monoisotopic (exact) mass is 812 g/mol. The Balaban J connectivity index is 0.926. The van der Waals surface area contributed by atoms with Crippen LogP contribution in [-0.4, -0.2) is 15.6 Å². The number of hydrogen-bond donors (Lipinski definition) is 0. The van der Waals surface area contributed by atoms with Crippen LogP contribution in [0.15, 0.2) is 224 Å². The molecule has 2 heterocycles. The standard InChI is InChI=1S/C57H40N4S/c1-4-14-42(15-5-1)59(45-28-26-39(27-29-45)57-58-53-21-11-13-23-56(53)62-57)46-30-33-49-40(36-46)24-25-41-37-47(31-34-50(41)49)60(43-16-6-2-7-17-43)48-32-35-55-52(38-48)51-20-10-12-22-54(51)61(55)44-18-8-3-9-19-44/h1-14,16-38,42H,15H2. The van der Waals surface area contributed by atoms with E-state index in [0.717, 1.165) is 50.9 Å². The van der Waals surface area contributed by atoms with E-state index in [-0.39, 0.29) is 6.04 Å². The summed E-state index contributed by atoms with van der Waals surface area (Å²) in [5.74, 6) is 0. The molecule has 5 heteroatoms. The minimum atomic E-state index is 0.201. The minimum absolute atomic E-state index is 0.201. The second-order valence-corrected chi connectivity index (χ2v) is 17.0. The van der Waals surface area contributed by atoms with Crippen LogP contribution in [0.4, 0.5) is 28.4 Å². The van der Waals surface area contributed by atoms with E-state index >= 15 is 0 Å². The molecule has 1 aliphatic carbocycles. The number of aromatic nitrogens is 2. The molecule has 0 saturated carbocycles. The second-order valence-electron chi connectivity index (χ2n) is 16.0. The molecular weight excluding hydrogens is 773 g/mol. The summed E-state index contributed by atoms with van der Waals surface area (Å²) in [7, 11) is 0. The van der Waals surface area contributed by atoms with Crippen LogP contribution in [0.25, 0.3) is 69.8 Å². The molecule has 1 atom stereocenters. The smallest absolute Gasteiger partial charge is 0.124 e. The van der Waals surface area contributed by atoms with Crippen LogP contribution in [-0.2, 0) is 0 Å². The Hall–Kier alpha value is -7.73. The zero-order valence-electron chi connectivity index (χ0n) is 33.8. The molecule has 0 fully saturated rings. The van der Waals surface area contributed by atoms with Gasteiger partial charge in [0, 0.05) is 50.5 Å². The van der Waals surface area contributed by atoms with Crippen molar-refractivity contribution in [3.63, 3.8) is 0 Å². The van der Waals surface area contributed by atoms with Crippen molar-refractivity contribution < 1.29 is 0 Å². The van der Waals surface area contributed by atoms with Crippen molar-refractivity contribution in [1.29, 1.82) is 0 Å². The van der Waals surface area contributed by atoms with Gasteiger partial charge in [-0.05, 0) is 137 Å². The molecule has 62 heavy (non-hydrogen) atoms. The van der Waals surface area contributed by atoms with Gasteiger partial charge in [-0.15, -0.1) is 11.3 Å². The second kappa shape index (κ2) is 15.1. The van der Waals surface area contributed by atoms with E-state index in [1.54, 1.807) is 11.3 Å². The van der Waals surface area contributed by atoms with Gasteiger partial charge in [-0.25, -0.2) is 4.98 Å². The van der Waals surface area contributed by atoms with Crippen molar-refractivity contribution in [3.8, 4) is 16.3 Å². The summed E-state index contributed by atoms with van der Waals surface area (Å²) in [6.45, 7) is 0. The van der Waals surface area contributed by atoms with Gasteiger partial charge in [0.25, 0.3) is 0 Å². The van der Waals surface area contributed by atoms with E-state index in [1.165, 1.54) is 53.7 Å². The van der Waals surface area contributed by atoms with Crippen LogP contribution in [0.5, 0.6) is 0 Å². The number of anilines is 5. The highest BCUT2D eigenvalue weighted by Crippen LogP contribution is 2.42. The number of nitrogens with zero attached hydrogens (tertiary/aromatic N) is 4. The molecule has 1 aliphatic rings. The van der Waals surface area contributed by atoms with Gasteiger partial charge in [0.05, 0.1) is 27.3 Å². The Morgan fingerprint density at radius 3 is 1.90 bits per heavy atom. The van der Waals surface area contributed by atoms with Gasteiger partial charge in [0.2, 0.25) is 0 Å². The van der Waals surface area contributed by atoms with E-state index in [2.05, 4.69) is 239 Å². The highest BCUT2D eigenvalue weighted by Gasteiger charge is 2.21. The fourth-order valence-corrected chi connectivity index (χ4v) is 10.3. The molecule has 0 radical (unpaired) electrons. The Morgan fingerprint density at radius 1 is 0.484 bits per heavy atom. The fourth-order valence-electron chi connectivity index (χ4n) is 9.37. The third-order valence-corrected chi connectivity index (χ3v) is 13.3. The van der Waals surface area contributed by atoms with Crippen LogP contribution >= 0.6 is 11.3 Å². The van der Waals surface area contributed by atoms with Gasteiger partial charge >= 0.3 is 0 Å². The molecule has 294 valence electrons. The number of para-hydroxylation sites is 4. The van der Waals surface area contributed by atoms with Crippen LogP contribution in [0, 0.1) is 0 Å². The first-order valence-electron chi connectivity index (χ1n) is 21.2. The summed E-state index contributed by atoms with van der Waals surface area (Å²) in [5, 5.41) is 8.40. The molecule has 0 saturated heterocycles. The van der Waals surface area contributed by atoms with Crippen LogP contribution in [0.3, 0.4) is 0 Å². The summed E-state index contributed by atoms with van der Waals surface area (Å²) in [6.07, 6.45) is 9.83. The summed E-state index contributed by atoms with van der Waals surface area (Å²) < 4.78 is 3.58. The number of allylic oxidation sites excluding steroid dienone is 2. The van der Waals surface area contributed by atoms with Crippen molar-refractivity contribution >= 4 is 93.3 Å². The van der Waals surface area contributed by atoms with Crippen LogP contribution < -0.4 is 9.80 Å². The number of hydrogen-bond acceptors (Lipinski definition) is 4. The fraction of sp³-hybridized carbons (Fsp3) is 0.0351. The Kier molecular flexibility index (Phi) is 8.79. The molecule has 0 bridgehead atoms. The lowest BCUT2D eigenvalue weighted by molar-refractivity contribution is 0.785. The summed E-state index contributed by atoms with van der Waals surface area (Å²) in [6, 6.07) is 72.9. The first kappa shape index (κ1) is 36.1. The Bertz CT molecular complexity index is 3480. The molecule has 9 aromatic carbocycles. The molecule has 1 unspecified atom stereocenters. The van der Waals surface area contributed by atoms with Gasteiger partial charge in [0.1, 0.15) is 5.01 Å². The maximum absolute atomic E-state index is 4.92. The Labute approximate surface area is 364 Å². The molecule has 11 aromatic rings. The Morgan fingerprint density at radius 2 is 1.13 bits per heavy atom. The maximum atomic E-state index is 4.92. The summed E-state index contributed by atoms with van der Waals surface area (Å²) in [4.78, 5) is 9.78. The number of rotatable bonds is 8. The van der Waals surface area contributed by atoms with Gasteiger partial charge in [-0.1, -0.05) is 115 Å². The van der Waals surface area contributed by atoms with Gasteiger partial charge in [-0.3, -0.25) is 0 Å². The number of fused-ring (bicyclic) bond motifs is 7. The van der Waals surface area contributed by atoms with Crippen LogP contribution in [0.1, 0.15) is 6.42 Å². The van der Waals surface area contributed by atoms with Crippen molar-refractivity contribution in [1.82, 2.24) is 9.55 Å².